The molecule has 0 spiro atoms. The van der Waals surface area contributed by atoms with Crippen LogP contribution in [0.25, 0.3) is 0 Å². The van der Waals surface area contributed by atoms with Gasteiger partial charge in [0, 0.05) is 37.6 Å². The van der Waals surface area contributed by atoms with Gasteiger partial charge in [0.25, 0.3) is 0 Å². The van der Waals surface area contributed by atoms with Gasteiger partial charge in [0.2, 0.25) is 0 Å². The molecule has 8 nitrogen and oxygen atoms in total. The van der Waals surface area contributed by atoms with Crippen molar-refractivity contribution in [3.8, 4) is 0 Å². The van der Waals surface area contributed by atoms with Gasteiger partial charge in [0.15, 0.2) is 0 Å². The fourth-order valence-electron chi connectivity index (χ4n) is 2.12. The van der Waals surface area contributed by atoms with Crippen LogP contribution in [-0.4, -0.2) is 30.6 Å². The van der Waals surface area contributed by atoms with Gasteiger partial charge in [-0.25, -0.2) is 9.48 Å². The van der Waals surface area contributed by atoms with E-state index in [-0.39, 0.29) is 6.03 Å². The molecule has 0 radical (unpaired) electrons. The number of nitrogens with one attached hydrogen (secondary N) is 2. The number of aryl methyl sites for hydroxylation is 1. The maximum absolute atomic E-state index is 12.0. The lowest BCUT2D eigenvalue weighted by Gasteiger charge is -2.09. The number of hydrogen-bond acceptors (Lipinski definition) is 4. The molecule has 0 atom stereocenters. The number of pyridine rings is 1. The first-order chi connectivity index (χ1) is 11.2. The molecular formula is C15H17N7O. The third-order valence-electron chi connectivity index (χ3n) is 3.21. The van der Waals surface area contributed by atoms with Crippen molar-refractivity contribution in [1.29, 1.82) is 0 Å². The average molecular weight is 311 g/mol. The van der Waals surface area contributed by atoms with Gasteiger partial charge in [-0.15, -0.1) is 0 Å². The van der Waals surface area contributed by atoms with Crippen molar-refractivity contribution in [2.24, 2.45) is 7.05 Å². The van der Waals surface area contributed by atoms with Gasteiger partial charge >= 0.3 is 6.03 Å². The van der Waals surface area contributed by atoms with Crippen molar-refractivity contribution >= 4 is 11.8 Å². The third-order valence-corrected chi connectivity index (χ3v) is 3.21. The molecule has 0 aromatic carbocycles. The third kappa shape index (κ3) is 3.94. The van der Waals surface area contributed by atoms with Crippen molar-refractivity contribution in [2.75, 3.05) is 5.32 Å². The van der Waals surface area contributed by atoms with Crippen LogP contribution in [0.2, 0.25) is 0 Å². The summed E-state index contributed by atoms with van der Waals surface area (Å²) < 4.78 is 3.38. The van der Waals surface area contributed by atoms with Crippen LogP contribution in [0.1, 0.15) is 11.3 Å². The number of carbonyl (C=O) groups excluding carboxylic acids is 1. The number of anilines is 1. The molecule has 0 unspecified atom stereocenters. The van der Waals surface area contributed by atoms with Gasteiger partial charge in [0.05, 0.1) is 24.6 Å². The van der Waals surface area contributed by atoms with E-state index in [0.29, 0.717) is 18.9 Å². The van der Waals surface area contributed by atoms with Crippen molar-refractivity contribution in [3.05, 3.63) is 60.3 Å². The highest BCUT2D eigenvalue weighted by molar-refractivity contribution is 5.88. The van der Waals surface area contributed by atoms with E-state index in [0.717, 1.165) is 11.3 Å². The minimum atomic E-state index is -0.295. The molecule has 0 bridgehead atoms. The summed E-state index contributed by atoms with van der Waals surface area (Å²) in [5.74, 6) is 0.610. The molecule has 0 aliphatic rings. The molecule has 8 heteroatoms. The van der Waals surface area contributed by atoms with E-state index in [2.05, 4.69) is 25.8 Å². The number of amides is 2. The van der Waals surface area contributed by atoms with Crippen LogP contribution in [0.5, 0.6) is 0 Å². The van der Waals surface area contributed by atoms with E-state index in [9.17, 15) is 4.79 Å². The van der Waals surface area contributed by atoms with E-state index in [4.69, 9.17) is 0 Å². The van der Waals surface area contributed by atoms with Crippen LogP contribution >= 0.6 is 0 Å². The molecule has 3 aromatic rings. The molecule has 0 aliphatic carbocycles. The molecule has 3 heterocycles. The summed E-state index contributed by atoms with van der Waals surface area (Å²) in [6.45, 7) is 0.903. The molecular weight excluding hydrogens is 294 g/mol. The minimum Gasteiger partial charge on any atom is -0.334 e. The second kappa shape index (κ2) is 6.73. The molecule has 0 fully saturated rings. The van der Waals surface area contributed by atoms with E-state index in [1.165, 1.54) is 0 Å². The van der Waals surface area contributed by atoms with Gasteiger partial charge in [-0.05, 0) is 12.1 Å². The summed E-state index contributed by atoms with van der Waals surface area (Å²) in [6, 6.07) is 7.13. The number of nitrogens with zero attached hydrogens (tertiary/aromatic N) is 5. The number of hydrogen-bond donors (Lipinski definition) is 2. The quantitative estimate of drug-likeness (QED) is 0.745. The summed E-state index contributed by atoms with van der Waals surface area (Å²) in [5.41, 5.74) is 1.81. The Labute approximate surface area is 133 Å². The van der Waals surface area contributed by atoms with E-state index < -0.39 is 0 Å². The Hall–Kier alpha value is -3.16. The van der Waals surface area contributed by atoms with Gasteiger partial charge < -0.3 is 5.32 Å². The monoisotopic (exact) mass is 311 g/mol. The Kier molecular flexibility index (Phi) is 4.32. The van der Waals surface area contributed by atoms with E-state index in [1.54, 1.807) is 34.0 Å². The lowest BCUT2D eigenvalue weighted by atomic mass is 10.3. The first-order valence-corrected chi connectivity index (χ1v) is 7.15. The molecule has 0 saturated heterocycles. The standard InChI is InChI=1S/C15H17N7O/c1-21-10-12(9-19-21)8-17-15(23)20-14-5-7-18-22(14)11-13-4-2-3-6-16-13/h2-7,9-10H,8,11H2,1H3,(H2,17,20,23). The Morgan fingerprint density at radius 1 is 1.22 bits per heavy atom. The number of rotatable bonds is 5. The highest BCUT2D eigenvalue weighted by Crippen LogP contribution is 2.08. The van der Waals surface area contributed by atoms with Crippen molar-refractivity contribution < 1.29 is 4.79 Å². The normalized spacial score (nSPS) is 10.5. The molecule has 118 valence electrons. The smallest absolute Gasteiger partial charge is 0.320 e. The molecule has 2 N–H and O–H groups in total. The lowest BCUT2D eigenvalue weighted by molar-refractivity contribution is 0.251. The maximum Gasteiger partial charge on any atom is 0.320 e. The highest BCUT2D eigenvalue weighted by Gasteiger charge is 2.08. The zero-order chi connectivity index (χ0) is 16.1. The van der Waals surface area contributed by atoms with Gasteiger partial charge in [0.1, 0.15) is 5.82 Å². The summed E-state index contributed by atoms with van der Waals surface area (Å²) in [4.78, 5) is 16.2. The lowest BCUT2D eigenvalue weighted by Crippen LogP contribution is -2.29. The zero-order valence-corrected chi connectivity index (χ0v) is 12.7. The molecule has 0 saturated carbocycles. The average Bonchev–Trinajstić information content (AvgIpc) is 3.16. The Bertz CT molecular complexity index is 778. The largest absolute Gasteiger partial charge is 0.334 e. The van der Waals surface area contributed by atoms with Gasteiger partial charge in [-0.3, -0.25) is 15.0 Å². The fraction of sp³-hybridized carbons (Fsp3) is 0.200. The molecule has 3 aromatic heterocycles. The molecule has 2 amide bonds. The summed E-state index contributed by atoms with van der Waals surface area (Å²) in [5, 5.41) is 13.8. The van der Waals surface area contributed by atoms with Crippen LogP contribution in [0, 0.1) is 0 Å². The van der Waals surface area contributed by atoms with E-state index in [1.807, 2.05) is 31.4 Å². The van der Waals surface area contributed by atoms with Crippen molar-refractivity contribution in [1.82, 2.24) is 29.9 Å². The Morgan fingerprint density at radius 3 is 2.87 bits per heavy atom. The van der Waals surface area contributed by atoms with Crippen LogP contribution in [0.15, 0.2) is 49.1 Å². The van der Waals surface area contributed by atoms with Crippen LogP contribution in [0.4, 0.5) is 10.6 Å². The second-order valence-electron chi connectivity index (χ2n) is 5.03. The first-order valence-electron chi connectivity index (χ1n) is 7.15. The summed E-state index contributed by atoms with van der Waals surface area (Å²) in [7, 11) is 1.83. The zero-order valence-electron chi connectivity index (χ0n) is 12.7. The summed E-state index contributed by atoms with van der Waals surface area (Å²) >= 11 is 0. The Morgan fingerprint density at radius 2 is 2.13 bits per heavy atom. The van der Waals surface area contributed by atoms with E-state index >= 15 is 0 Å². The predicted octanol–water partition coefficient (Wildman–Crippen LogP) is 1.38. The summed E-state index contributed by atoms with van der Waals surface area (Å²) in [6.07, 6.45) is 6.93. The highest BCUT2D eigenvalue weighted by atomic mass is 16.2. The van der Waals surface area contributed by atoms with Gasteiger partial charge in [-0.1, -0.05) is 6.07 Å². The topological polar surface area (TPSA) is 89.7 Å². The SMILES string of the molecule is Cn1cc(CNC(=O)Nc2ccnn2Cc2ccccn2)cn1. The van der Waals surface area contributed by atoms with Crippen LogP contribution < -0.4 is 10.6 Å². The Balaban J connectivity index is 1.57. The number of urea groups is 1. The number of carbonyl (C=O) groups is 1. The molecule has 23 heavy (non-hydrogen) atoms. The van der Waals surface area contributed by atoms with Crippen LogP contribution in [0.3, 0.4) is 0 Å². The maximum atomic E-state index is 12.0. The number of aromatic nitrogens is 5. The first kappa shape index (κ1) is 14.8. The van der Waals surface area contributed by atoms with Crippen molar-refractivity contribution in [3.63, 3.8) is 0 Å². The van der Waals surface area contributed by atoms with Gasteiger partial charge in [-0.2, -0.15) is 10.2 Å². The predicted molar refractivity (Wildman–Crippen MR) is 84.6 cm³/mol. The second-order valence-corrected chi connectivity index (χ2v) is 5.03. The van der Waals surface area contributed by atoms with Crippen molar-refractivity contribution in [2.45, 2.75) is 13.1 Å². The fourth-order valence-corrected chi connectivity index (χ4v) is 2.12. The molecule has 3 rings (SSSR count). The molecule has 0 aliphatic heterocycles. The minimum absolute atomic E-state index is 0.295. The van der Waals surface area contributed by atoms with Crippen LogP contribution in [-0.2, 0) is 20.1 Å².